The van der Waals surface area contributed by atoms with Crippen LogP contribution in [0, 0.1) is 5.41 Å². The van der Waals surface area contributed by atoms with E-state index in [9.17, 15) is 0 Å². The van der Waals surface area contributed by atoms with Gasteiger partial charge in [-0.2, -0.15) is 11.8 Å². The molecule has 18 heavy (non-hydrogen) atoms. The van der Waals surface area contributed by atoms with E-state index in [4.69, 9.17) is 5.41 Å². The van der Waals surface area contributed by atoms with E-state index in [2.05, 4.69) is 41.8 Å². The second-order valence-electron chi connectivity index (χ2n) is 5.13. The molecule has 1 saturated carbocycles. The molecular weight excluding hydrogens is 240 g/mol. The standard InChI is InChI=1S/C15H20N2S/c1-2-18-14-9-5-8-13(14)17-10-11-6-3-4-7-12(11)15(17)16/h3-4,6-7,13-14,16H,2,5,8-10H2,1H3. The fourth-order valence-electron chi connectivity index (χ4n) is 3.26. The molecule has 0 radical (unpaired) electrons. The van der Waals surface area contributed by atoms with Crippen molar-refractivity contribution in [2.24, 2.45) is 0 Å². The highest BCUT2D eigenvalue weighted by molar-refractivity contribution is 7.99. The molecule has 2 atom stereocenters. The van der Waals surface area contributed by atoms with Crippen molar-refractivity contribution in [1.82, 2.24) is 4.90 Å². The molecule has 0 bridgehead atoms. The largest absolute Gasteiger partial charge is 0.348 e. The Kier molecular flexibility index (Phi) is 3.33. The van der Waals surface area contributed by atoms with Gasteiger partial charge in [0.25, 0.3) is 0 Å². The van der Waals surface area contributed by atoms with Gasteiger partial charge in [-0.1, -0.05) is 37.6 Å². The lowest BCUT2D eigenvalue weighted by Crippen LogP contribution is -2.39. The number of hydrogen-bond donors (Lipinski definition) is 1. The molecule has 2 nitrogen and oxygen atoms in total. The predicted octanol–water partition coefficient (Wildman–Crippen LogP) is 3.50. The number of amidine groups is 1. The van der Waals surface area contributed by atoms with E-state index >= 15 is 0 Å². The van der Waals surface area contributed by atoms with E-state index in [1.807, 2.05) is 6.07 Å². The lowest BCUT2D eigenvalue weighted by Gasteiger charge is -2.30. The molecule has 1 aromatic rings. The van der Waals surface area contributed by atoms with Gasteiger partial charge < -0.3 is 4.90 Å². The average Bonchev–Trinajstić information content (AvgIpc) is 2.96. The van der Waals surface area contributed by atoms with Crippen LogP contribution in [0.25, 0.3) is 0 Å². The van der Waals surface area contributed by atoms with Crippen LogP contribution in [0.15, 0.2) is 24.3 Å². The Bertz CT molecular complexity index is 458. The van der Waals surface area contributed by atoms with Crippen molar-refractivity contribution in [3.63, 3.8) is 0 Å². The van der Waals surface area contributed by atoms with Crippen molar-refractivity contribution in [2.45, 2.75) is 44.0 Å². The Labute approximate surface area is 113 Å². The topological polar surface area (TPSA) is 27.1 Å². The molecule has 96 valence electrons. The minimum atomic E-state index is 0.579. The smallest absolute Gasteiger partial charge is 0.128 e. The molecule has 1 aromatic carbocycles. The molecule has 2 aliphatic rings. The lowest BCUT2D eigenvalue weighted by molar-refractivity contribution is 0.323. The first-order valence-corrected chi connectivity index (χ1v) is 7.91. The second-order valence-corrected chi connectivity index (χ2v) is 6.64. The normalized spacial score (nSPS) is 26.7. The van der Waals surface area contributed by atoms with Gasteiger partial charge in [-0.25, -0.2) is 0 Å². The van der Waals surface area contributed by atoms with Crippen molar-refractivity contribution >= 4 is 17.6 Å². The van der Waals surface area contributed by atoms with Crippen LogP contribution < -0.4 is 0 Å². The molecule has 1 fully saturated rings. The highest BCUT2D eigenvalue weighted by atomic mass is 32.2. The summed E-state index contributed by atoms with van der Waals surface area (Å²) in [6.07, 6.45) is 3.90. The zero-order chi connectivity index (χ0) is 12.5. The van der Waals surface area contributed by atoms with Crippen LogP contribution in [0.4, 0.5) is 0 Å². The van der Waals surface area contributed by atoms with Gasteiger partial charge in [0.2, 0.25) is 0 Å². The summed E-state index contributed by atoms with van der Waals surface area (Å²) >= 11 is 2.08. The van der Waals surface area contributed by atoms with Gasteiger partial charge >= 0.3 is 0 Å². The molecule has 2 unspecified atom stereocenters. The number of rotatable bonds is 3. The quantitative estimate of drug-likeness (QED) is 0.900. The summed E-state index contributed by atoms with van der Waals surface area (Å²) in [6, 6.07) is 8.97. The van der Waals surface area contributed by atoms with Crippen LogP contribution in [0.2, 0.25) is 0 Å². The summed E-state index contributed by atoms with van der Waals surface area (Å²) in [6.45, 7) is 3.19. The van der Waals surface area contributed by atoms with Crippen molar-refractivity contribution in [3.8, 4) is 0 Å². The number of hydrogen-bond acceptors (Lipinski definition) is 2. The van der Waals surface area contributed by atoms with Crippen molar-refractivity contribution in [2.75, 3.05) is 5.75 Å². The zero-order valence-corrected chi connectivity index (χ0v) is 11.7. The van der Waals surface area contributed by atoms with Gasteiger partial charge in [0, 0.05) is 23.4 Å². The van der Waals surface area contributed by atoms with E-state index in [0.717, 1.165) is 23.2 Å². The first kappa shape index (κ1) is 12.1. The van der Waals surface area contributed by atoms with Gasteiger partial charge in [-0.05, 0) is 24.2 Å². The molecule has 0 amide bonds. The molecule has 3 heteroatoms. The zero-order valence-electron chi connectivity index (χ0n) is 10.9. The van der Waals surface area contributed by atoms with Gasteiger partial charge in [0.1, 0.15) is 5.84 Å². The van der Waals surface area contributed by atoms with E-state index in [1.54, 1.807) is 0 Å². The van der Waals surface area contributed by atoms with Crippen LogP contribution in [-0.4, -0.2) is 27.8 Å². The number of benzene rings is 1. The molecule has 0 aromatic heterocycles. The Hall–Kier alpha value is -0.960. The maximum absolute atomic E-state index is 8.39. The van der Waals surface area contributed by atoms with Crippen LogP contribution in [0.5, 0.6) is 0 Å². The van der Waals surface area contributed by atoms with E-state index in [1.165, 1.54) is 30.6 Å². The first-order chi connectivity index (χ1) is 8.81. The highest BCUT2D eigenvalue weighted by Crippen LogP contribution is 2.37. The van der Waals surface area contributed by atoms with Gasteiger partial charge in [-0.15, -0.1) is 0 Å². The van der Waals surface area contributed by atoms with Gasteiger partial charge in [0.15, 0.2) is 0 Å². The third-order valence-electron chi connectivity index (χ3n) is 4.10. The lowest BCUT2D eigenvalue weighted by atomic mass is 10.1. The second kappa shape index (κ2) is 4.96. The maximum atomic E-state index is 8.39. The molecule has 1 aliphatic heterocycles. The Morgan fingerprint density at radius 2 is 2.17 bits per heavy atom. The Morgan fingerprint density at radius 3 is 2.94 bits per heavy atom. The van der Waals surface area contributed by atoms with Crippen molar-refractivity contribution in [3.05, 3.63) is 35.4 Å². The minimum absolute atomic E-state index is 0.579. The molecule has 1 N–H and O–H groups in total. The number of fused-ring (bicyclic) bond motifs is 1. The minimum Gasteiger partial charge on any atom is -0.348 e. The molecule has 1 heterocycles. The Balaban J connectivity index is 1.81. The number of thioether (sulfide) groups is 1. The van der Waals surface area contributed by atoms with Gasteiger partial charge in [0.05, 0.1) is 0 Å². The summed E-state index contributed by atoms with van der Waals surface area (Å²) in [7, 11) is 0. The predicted molar refractivity (Wildman–Crippen MR) is 78.4 cm³/mol. The Morgan fingerprint density at radius 1 is 1.33 bits per heavy atom. The van der Waals surface area contributed by atoms with Crippen molar-refractivity contribution < 1.29 is 0 Å². The van der Waals surface area contributed by atoms with E-state index < -0.39 is 0 Å². The molecule has 0 spiro atoms. The van der Waals surface area contributed by atoms with E-state index in [-0.39, 0.29) is 0 Å². The van der Waals surface area contributed by atoms with Gasteiger partial charge in [-0.3, -0.25) is 5.41 Å². The molecule has 0 saturated heterocycles. The fraction of sp³-hybridized carbons (Fsp3) is 0.533. The monoisotopic (exact) mass is 260 g/mol. The SMILES string of the molecule is CCSC1CCCC1N1Cc2ccccc2C1=N. The molecule has 3 rings (SSSR count). The third kappa shape index (κ3) is 1.95. The highest BCUT2D eigenvalue weighted by Gasteiger charge is 2.37. The number of nitrogens with zero attached hydrogens (tertiary/aromatic N) is 1. The molecule has 1 aliphatic carbocycles. The van der Waals surface area contributed by atoms with E-state index in [0.29, 0.717) is 6.04 Å². The van der Waals surface area contributed by atoms with Crippen LogP contribution in [0.3, 0.4) is 0 Å². The van der Waals surface area contributed by atoms with Crippen LogP contribution in [0.1, 0.15) is 37.3 Å². The fourth-order valence-corrected chi connectivity index (χ4v) is 4.53. The maximum Gasteiger partial charge on any atom is 0.128 e. The van der Waals surface area contributed by atoms with Crippen LogP contribution in [-0.2, 0) is 6.54 Å². The third-order valence-corrected chi connectivity index (χ3v) is 5.41. The summed E-state index contributed by atoms with van der Waals surface area (Å²) in [5.74, 6) is 1.94. The average molecular weight is 260 g/mol. The number of nitrogens with one attached hydrogen (secondary N) is 1. The first-order valence-electron chi connectivity index (χ1n) is 6.86. The summed E-state index contributed by atoms with van der Waals surface area (Å²) in [4.78, 5) is 2.34. The van der Waals surface area contributed by atoms with Crippen LogP contribution >= 0.6 is 11.8 Å². The summed E-state index contributed by atoms with van der Waals surface area (Å²) < 4.78 is 0. The van der Waals surface area contributed by atoms with Crippen molar-refractivity contribution in [1.29, 1.82) is 5.41 Å². The summed E-state index contributed by atoms with van der Waals surface area (Å²) in [5.41, 5.74) is 2.47. The molecular formula is C15H20N2S. The summed E-state index contributed by atoms with van der Waals surface area (Å²) in [5, 5.41) is 9.12.